The maximum Gasteiger partial charge on any atom is 0.266 e. The second kappa shape index (κ2) is 5.88. The van der Waals surface area contributed by atoms with E-state index in [4.69, 9.17) is 16.6 Å². The molecule has 3 aromatic rings. The molecule has 0 saturated heterocycles. The van der Waals surface area contributed by atoms with Crippen LogP contribution >= 0.6 is 12.2 Å². The van der Waals surface area contributed by atoms with E-state index in [1.54, 1.807) is 18.5 Å². The smallest absolute Gasteiger partial charge is 0.266 e. The number of fused-ring (bicyclic) bond motifs is 1. The highest BCUT2D eigenvalue weighted by molar-refractivity contribution is 7.71. The number of anilines is 1. The van der Waals surface area contributed by atoms with Crippen molar-refractivity contribution in [2.75, 3.05) is 5.32 Å². The summed E-state index contributed by atoms with van der Waals surface area (Å²) in [5.41, 5.74) is 2.99. The molecule has 0 aliphatic heterocycles. The maximum atomic E-state index is 12.0. The lowest BCUT2D eigenvalue weighted by Gasteiger charge is -2.05. The molecule has 0 saturated carbocycles. The first kappa shape index (κ1) is 13.5. The van der Waals surface area contributed by atoms with Crippen LogP contribution in [0.3, 0.4) is 0 Å². The predicted octanol–water partition coefficient (Wildman–Crippen LogP) is 3.46. The van der Waals surface area contributed by atoms with Crippen molar-refractivity contribution in [1.82, 2.24) is 9.97 Å². The first-order chi connectivity index (χ1) is 10.2. The molecule has 6 heteroatoms. The molecule has 5 nitrogen and oxygen atoms in total. The largest absolute Gasteiger partial charge is 0.427 e. The van der Waals surface area contributed by atoms with Gasteiger partial charge in [0.15, 0.2) is 5.58 Å². The summed E-state index contributed by atoms with van der Waals surface area (Å²) in [6, 6.07) is 9.28. The number of carbonyl (C=O) groups is 1. The molecule has 1 amide bonds. The fourth-order valence-electron chi connectivity index (χ4n) is 2.09. The average molecular weight is 299 g/mol. The number of pyridine rings is 1. The third-order valence-corrected chi connectivity index (χ3v) is 3.27. The molecule has 2 heterocycles. The topological polar surface area (TPSA) is 70.9 Å². The van der Waals surface area contributed by atoms with Crippen LogP contribution in [0.5, 0.6) is 0 Å². The van der Waals surface area contributed by atoms with Crippen molar-refractivity contribution in [2.24, 2.45) is 0 Å². The lowest BCUT2D eigenvalue weighted by molar-refractivity contribution is -0.116. The zero-order chi connectivity index (χ0) is 14.7. The number of para-hydroxylation sites is 1. The van der Waals surface area contributed by atoms with E-state index < -0.39 is 0 Å². The first-order valence-corrected chi connectivity index (χ1v) is 6.94. The second-order valence-corrected chi connectivity index (χ2v) is 4.98. The molecule has 106 valence electrons. The number of oxazole rings is 1. The molecule has 0 fully saturated rings. The Morgan fingerprint density at radius 3 is 3.05 bits per heavy atom. The summed E-state index contributed by atoms with van der Waals surface area (Å²) in [5.74, 6) is -0.0753. The van der Waals surface area contributed by atoms with Gasteiger partial charge in [-0.3, -0.25) is 9.78 Å². The van der Waals surface area contributed by atoms with Crippen molar-refractivity contribution >= 4 is 34.9 Å². The van der Waals surface area contributed by atoms with Crippen molar-refractivity contribution in [1.29, 1.82) is 0 Å². The van der Waals surface area contributed by atoms with Crippen LogP contribution in [0, 0.1) is 4.84 Å². The molecule has 1 aromatic carbocycles. The summed E-state index contributed by atoms with van der Waals surface area (Å²) in [5, 5.41) is 2.85. The molecule has 0 unspecified atom stereocenters. The van der Waals surface area contributed by atoms with Crippen molar-refractivity contribution < 1.29 is 9.21 Å². The van der Waals surface area contributed by atoms with Gasteiger partial charge in [0.05, 0.1) is 11.2 Å². The van der Waals surface area contributed by atoms with Crippen molar-refractivity contribution in [2.45, 2.75) is 12.8 Å². The lowest BCUT2D eigenvalue weighted by atomic mass is 10.1. The van der Waals surface area contributed by atoms with Gasteiger partial charge in [-0.2, -0.15) is 0 Å². The van der Waals surface area contributed by atoms with Crippen molar-refractivity contribution in [3.05, 3.63) is 53.1 Å². The molecule has 2 aromatic heterocycles. The molecule has 0 aliphatic rings. The average Bonchev–Trinajstić information content (AvgIpc) is 2.88. The Morgan fingerprint density at radius 1 is 1.33 bits per heavy atom. The monoisotopic (exact) mass is 299 g/mol. The molecule has 0 spiro atoms. The number of hydrogen-bond donors (Lipinski definition) is 2. The van der Waals surface area contributed by atoms with Crippen molar-refractivity contribution in [3.8, 4) is 0 Å². The fourth-order valence-corrected chi connectivity index (χ4v) is 2.28. The van der Waals surface area contributed by atoms with E-state index in [1.165, 1.54) is 0 Å². The van der Waals surface area contributed by atoms with E-state index in [0.29, 0.717) is 28.9 Å². The van der Waals surface area contributed by atoms with Gasteiger partial charge < -0.3 is 14.7 Å². The molecular weight excluding hydrogens is 286 g/mol. The lowest BCUT2D eigenvalue weighted by Crippen LogP contribution is -2.12. The molecule has 21 heavy (non-hydrogen) atoms. The first-order valence-electron chi connectivity index (χ1n) is 6.53. The minimum atomic E-state index is -0.0753. The summed E-state index contributed by atoms with van der Waals surface area (Å²) in [6.45, 7) is 0. The van der Waals surface area contributed by atoms with Gasteiger partial charge in [-0.15, -0.1) is 0 Å². The number of nitrogens with zero attached hydrogens (tertiary/aromatic N) is 1. The van der Waals surface area contributed by atoms with E-state index >= 15 is 0 Å². The minimum Gasteiger partial charge on any atom is -0.427 e. The molecule has 0 radical (unpaired) electrons. The van der Waals surface area contributed by atoms with Crippen LogP contribution in [0.4, 0.5) is 5.69 Å². The highest BCUT2D eigenvalue weighted by atomic mass is 32.1. The third-order valence-electron chi connectivity index (χ3n) is 3.08. The quantitative estimate of drug-likeness (QED) is 0.724. The third kappa shape index (κ3) is 3.17. The zero-order valence-electron chi connectivity index (χ0n) is 11.1. The van der Waals surface area contributed by atoms with E-state index in [0.717, 1.165) is 11.1 Å². The molecule has 3 rings (SSSR count). The number of aryl methyl sites for hydroxylation is 1. The number of rotatable bonds is 4. The van der Waals surface area contributed by atoms with Gasteiger partial charge >= 0.3 is 0 Å². The highest BCUT2D eigenvalue weighted by Gasteiger charge is 2.09. The molecular formula is C15H13N3O2S. The molecule has 0 aliphatic carbocycles. The SMILES string of the molecule is O=C(CCc1cccnc1)Nc1cccc2[nH]c(=S)oc12. The van der Waals surface area contributed by atoms with Crippen LogP contribution in [-0.2, 0) is 11.2 Å². The summed E-state index contributed by atoms with van der Waals surface area (Å²) in [4.78, 5) is 19.3. The van der Waals surface area contributed by atoms with Gasteiger partial charge in [0.25, 0.3) is 4.84 Å². The number of H-pyrrole nitrogens is 1. The van der Waals surface area contributed by atoms with Crippen LogP contribution < -0.4 is 5.32 Å². The maximum absolute atomic E-state index is 12.0. The second-order valence-electron chi connectivity index (χ2n) is 4.61. The number of aromatic nitrogens is 2. The van der Waals surface area contributed by atoms with Crippen LogP contribution in [0.1, 0.15) is 12.0 Å². The number of nitrogens with one attached hydrogen (secondary N) is 2. The van der Waals surface area contributed by atoms with E-state index in [2.05, 4.69) is 15.3 Å². The van der Waals surface area contributed by atoms with Gasteiger partial charge in [-0.05, 0) is 42.4 Å². The Morgan fingerprint density at radius 2 is 2.24 bits per heavy atom. The van der Waals surface area contributed by atoms with E-state index in [1.807, 2.05) is 24.3 Å². The van der Waals surface area contributed by atoms with Gasteiger partial charge in [0.1, 0.15) is 0 Å². The fraction of sp³-hybridized carbons (Fsp3) is 0.133. The van der Waals surface area contributed by atoms with Crippen LogP contribution in [0.25, 0.3) is 11.1 Å². The Hall–Kier alpha value is -2.47. The van der Waals surface area contributed by atoms with Gasteiger partial charge in [-0.1, -0.05) is 12.1 Å². The number of benzene rings is 1. The number of carbonyl (C=O) groups excluding carboxylic acids is 1. The molecule has 0 bridgehead atoms. The number of hydrogen-bond acceptors (Lipinski definition) is 4. The Bertz CT molecular complexity index is 824. The van der Waals surface area contributed by atoms with Gasteiger partial charge in [-0.25, -0.2) is 0 Å². The standard InChI is InChI=1S/C15H13N3O2S/c19-13(7-6-10-3-2-8-16-9-10)17-11-4-1-5-12-14(11)20-15(21)18-12/h1-5,8-9H,6-7H2,(H,17,19)(H,18,21). The minimum absolute atomic E-state index is 0.0753. The number of amides is 1. The summed E-state index contributed by atoms with van der Waals surface area (Å²) in [7, 11) is 0. The molecule has 2 N–H and O–H groups in total. The normalized spacial score (nSPS) is 10.7. The van der Waals surface area contributed by atoms with Gasteiger partial charge in [0.2, 0.25) is 5.91 Å². The van der Waals surface area contributed by atoms with E-state index in [9.17, 15) is 4.79 Å². The van der Waals surface area contributed by atoms with Crippen LogP contribution in [0.15, 0.2) is 47.1 Å². The van der Waals surface area contributed by atoms with Crippen molar-refractivity contribution in [3.63, 3.8) is 0 Å². The Balaban J connectivity index is 1.70. The highest BCUT2D eigenvalue weighted by Crippen LogP contribution is 2.23. The van der Waals surface area contributed by atoms with Crippen LogP contribution in [-0.4, -0.2) is 15.9 Å². The Labute approximate surface area is 126 Å². The zero-order valence-corrected chi connectivity index (χ0v) is 11.9. The van der Waals surface area contributed by atoms with Crippen LogP contribution in [0.2, 0.25) is 0 Å². The molecule has 0 atom stereocenters. The van der Waals surface area contributed by atoms with E-state index in [-0.39, 0.29) is 5.91 Å². The summed E-state index contributed by atoms with van der Waals surface area (Å²) < 4.78 is 5.40. The Kier molecular flexibility index (Phi) is 3.79. The number of aromatic amines is 1. The summed E-state index contributed by atoms with van der Waals surface area (Å²) >= 11 is 4.96. The summed E-state index contributed by atoms with van der Waals surface area (Å²) in [6.07, 6.45) is 4.50. The van der Waals surface area contributed by atoms with Gasteiger partial charge in [0, 0.05) is 18.8 Å². The predicted molar refractivity (Wildman–Crippen MR) is 82.6 cm³/mol.